The topological polar surface area (TPSA) is 81.4 Å². The molecule has 1 aromatic carbocycles. The van der Waals surface area contributed by atoms with Gasteiger partial charge in [-0.05, 0) is 39.0 Å². The molecule has 6 nitrogen and oxygen atoms in total. The minimum Gasteiger partial charge on any atom is -0.388 e. The maximum Gasteiger partial charge on any atom is 0.183 e. The molecular weight excluding hydrogens is 412 g/mol. The largest absolute Gasteiger partial charge is 0.388 e. The Morgan fingerprint density at radius 2 is 1.72 bits per heavy atom. The van der Waals surface area contributed by atoms with Crippen LogP contribution in [-0.4, -0.2) is 46.6 Å². The molecule has 0 amide bonds. The maximum absolute atomic E-state index is 12.9. The number of rotatable bonds is 3. The highest BCUT2D eigenvalue weighted by Gasteiger charge is 2.35. The summed E-state index contributed by atoms with van der Waals surface area (Å²) in [5, 5.41) is 11.1. The summed E-state index contributed by atoms with van der Waals surface area (Å²) in [7, 11) is -3.46. The number of hydrogen-bond acceptors (Lipinski definition) is 5. The highest BCUT2D eigenvalue weighted by atomic mass is 35.5. The van der Waals surface area contributed by atoms with Crippen molar-refractivity contribution in [1.82, 2.24) is 9.55 Å². The zero-order chi connectivity index (χ0) is 21.0. The van der Waals surface area contributed by atoms with E-state index in [-0.39, 0.29) is 22.7 Å². The van der Waals surface area contributed by atoms with Crippen molar-refractivity contribution in [2.75, 3.05) is 13.2 Å². The van der Waals surface area contributed by atoms with Crippen LogP contribution < -0.4 is 0 Å². The second-order valence-electron chi connectivity index (χ2n) is 9.87. The van der Waals surface area contributed by atoms with Crippen LogP contribution in [0, 0.1) is 0 Å². The molecule has 0 atom stereocenters. The highest BCUT2D eigenvalue weighted by molar-refractivity contribution is 7.92. The summed E-state index contributed by atoms with van der Waals surface area (Å²) in [6.07, 6.45) is 1.15. The summed E-state index contributed by atoms with van der Waals surface area (Å²) in [6, 6.07) is 5.14. The fourth-order valence-electron chi connectivity index (χ4n) is 3.57. The molecule has 3 rings (SSSR count). The number of halogens is 1. The molecule has 1 aliphatic rings. The summed E-state index contributed by atoms with van der Waals surface area (Å²) >= 11 is 0. The maximum atomic E-state index is 12.9. The average molecular weight is 445 g/mol. The quantitative estimate of drug-likeness (QED) is 0.777. The lowest BCUT2D eigenvalue weighted by Gasteiger charge is -2.34. The second kappa shape index (κ2) is 7.84. The van der Waals surface area contributed by atoms with Crippen LogP contribution in [0.1, 0.15) is 60.2 Å². The summed E-state index contributed by atoms with van der Waals surface area (Å²) in [4.78, 5) is 5.07. The van der Waals surface area contributed by atoms with Crippen LogP contribution >= 0.6 is 12.4 Å². The molecule has 2 aromatic rings. The van der Waals surface area contributed by atoms with Gasteiger partial charge in [-0.3, -0.25) is 0 Å². The zero-order valence-electron chi connectivity index (χ0n) is 18.2. The van der Waals surface area contributed by atoms with Crippen molar-refractivity contribution in [2.24, 2.45) is 0 Å². The van der Waals surface area contributed by atoms with Gasteiger partial charge in [0, 0.05) is 31.5 Å². The molecule has 1 aliphatic heterocycles. The molecule has 2 heterocycles. The molecule has 29 heavy (non-hydrogen) atoms. The van der Waals surface area contributed by atoms with E-state index in [1.54, 1.807) is 32.9 Å². The minimum atomic E-state index is -3.46. The van der Waals surface area contributed by atoms with E-state index in [1.807, 2.05) is 10.6 Å². The third-order valence-electron chi connectivity index (χ3n) is 5.38. The van der Waals surface area contributed by atoms with Gasteiger partial charge in [-0.15, -0.1) is 12.4 Å². The molecule has 0 saturated carbocycles. The minimum absolute atomic E-state index is 0. The van der Waals surface area contributed by atoms with E-state index in [4.69, 9.17) is 9.72 Å². The van der Waals surface area contributed by atoms with Gasteiger partial charge in [-0.2, -0.15) is 0 Å². The molecule has 0 aliphatic carbocycles. The average Bonchev–Trinajstić information content (AvgIpc) is 2.92. The Kier molecular flexibility index (Phi) is 6.52. The highest BCUT2D eigenvalue weighted by Crippen LogP contribution is 2.33. The second-order valence-corrected chi connectivity index (χ2v) is 12.6. The third-order valence-corrected chi connectivity index (χ3v) is 7.87. The third kappa shape index (κ3) is 4.63. The SMILES string of the molecule is CC(C)(C)c1nc2cc(S(=O)(=O)C(C)(C)C)ccc2n1CC1(O)CCOCC1.Cl. The number of aliphatic hydroxyl groups is 1. The first-order valence-corrected chi connectivity index (χ1v) is 11.3. The van der Waals surface area contributed by atoms with Crippen molar-refractivity contribution in [1.29, 1.82) is 0 Å². The first-order valence-electron chi connectivity index (χ1n) is 9.80. The molecule has 0 unspecified atom stereocenters. The standard InChI is InChI=1S/C21H32N2O4S.ClH/c1-19(2,3)18-22-16-13-15(28(25,26)20(4,5)6)7-8-17(16)23(18)14-21(24)9-11-27-12-10-21;/h7-8,13,24H,9-12,14H2,1-6H3;1H. The molecule has 0 bridgehead atoms. The van der Waals surface area contributed by atoms with Crippen LogP contribution in [0.4, 0.5) is 0 Å². The normalized spacial score (nSPS) is 17.9. The van der Waals surface area contributed by atoms with E-state index in [9.17, 15) is 13.5 Å². The Labute approximate surface area is 180 Å². The van der Waals surface area contributed by atoms with E-state index in [0.29, 0.717) is 38.1 Å². The molecule has 164 valence electrons. The Hall–Kier alpha value is -1.15. The van der Waals surface area contributed by atoms with Gasteiger partial charge in [0.25, 0.3) is 0 Å². The fourth-order valence-corrected chi connectivity index (χ4v) is 4.79. The predicted molar refractivity (Wildman–Crippen MR) is 118 cm³/mol. The number of benzene rings is 1. The molecule has 1 fully saturated rings. The lowest BCUT2D eigenvalue weighted by atomic mass is 9.92. The number of ether oxygens (including phenoxy) is 1. The van der Waals surface area contributed by atoms with Crippen molar-refractivity contribution in [2.45, 2.75) is 81.6 Å². The number of aromatic nitrogens is 2. The van der Waals surface area contributed by atoms with Crippen molar-refractivity contribution < 1.29 is 18.3 Å². The van der Waals surface area contributed by atoms with E-state index < -0.39 is 20.2 Å². The summed E-state index contributed by atoms with van der Waals surface area (Å²) < 4.78 is 32.3. The number of imidazole rings is 1. The Morgan fingerprint density at radius 3 is 2.24 bits per heavy atom. The molecule has 0 spiro atoms. The molecule has 1 N–H and O–H groups in total. The predicted octanol–water partition coefficient (Wildman–Crippen LogP) is 3.87. The van der Waals surface area contributed by atoms with Gasteiger partial charge in [0.05, 0.1) is 32.8 Å². The van der Waals surface area contributed by atoms with Crippen molar-refractivity contribution >= 4 is 33.3 Å². The van der Waals surface area contributed by atoms with Gasteiger partial charge in [0.15, 0.2) is 9.84 Å². The molecule has 1 aromatic heterocycles. The van der Waals surface area contributed by atoms with Crippen LogP contribution in [0.15, 0.2) is 23.1 Å². The van der Waals surface area contributed by atoms with Crippen molar-refractivity contribution in [3.8, 4) is 0 Å². The summed E-state index contributed by atoms with van der Waals surface area (Å²) in [5.41, 5.74) is 0.398. The smallest absolute Gasteiger partial charge is 0.183 e. The van der Waals surface area contributed by atoms with E-state index in [2.05, 4.69) is 20.8 Å². The number of nitrogens with zero attached hydrogens (tertiary/aromatic N) is 2. The lowest BCUT2D eigenvalue weighted by Crippen LogP contribution is -2.41. The van der Waals surface area contributed by atoms with Gasteiger partial charge < -0.3 is 14.4 Å². The van der Waals surface area contributed by atoms with E-state index >= 15 is 0 Å². The van der Waals surface area contributed by atoms with Crippen molar-refractivity contribution in [3.63, 3.8) is 0 Å². The van der Waals surface area contributed by atoms with Crippen LogP contribution in [0.2, 0.25) is 0 Å². The van der Waals surface area contributed by atoms with Gasteiger partial charge in [-0.25, -0.2) is 13.4 Å². The first kappa shape index (κ1) is 24.1. The molecule has 1 saturated heterocycles. The van der Waals surface area contributed by atoms with Crippen LogP contribution in [-0.2, 0) is 26.5 Å². The number of fused-ring (bicyclic) bond motifs is 1. The lowest BCUT2D eigenvalue weighted by molar-refractivity contribution is -0.0728. The number of hydrogen-bond donors (Lipinski definition) is 1. The van der Waals surface area contributed by atoms with E-state index in [1.165, 1.54) is 0 Å². The molecular formula is C21H33ClN2O4S. The molecule has 0 radical (unpaired) electrons. The van der Waals surface area contributed by atoms with Crippen molar-refractivity contribution in [3.05, 3.63) is 24.0 Å². The van der Waals surface area contributed by atoms with Gasteiger partial charge >= 0.3 is 0 Å². The first-order chi connectivity index (χ1) is 12.7. The Bertz CT molecular complexity index is 979. The fraction of sp³-hybridized carbons (Fsp3) is 0.667. The van der Waals surface area contributed by atoms with E-state index in [0.717, 1.165) is 11.3 Å². The summed E-state index contributed by atoms with van der Waals surface area (Å²) in [5.74, 6) is 0.840. The van der Waals surface area contributed by atoms with Crippen LogP contribution in [0.3, 0.4) is 0 Å². The molecule has 8 heteroatoms. The Balaban J connectivity index is 0.00000300. The van der Waals surface area contributed by atoms with Gasteiger partial charge in [0.2, 0.25) is 0 Å². The van der Waals surface area contributed by atoms with Gasteiger partial charge in [0.1, 0.15) is 5.82 Å². The van der Waals surface area contributed by atoms with Gasteiger partial charge in [-0.1, -0.05) is 20.8 Å². The van der Waals surface area contributed by atoms with Crippen LogP contribution in [0.25, 0.3) is 11.0 Å². The van der Waals surface area contributed by atoms with Crippen LogP contribution in [0.5, 0.6) is 0 Å². The Morgan fingerprint density at radius 1 is 1.14 bits per heavy atom. The zero-order valence-corrected chi connectivity index (χ0v) is 19.8. The summed E-state index contributed by atoms with van der Waals surface area (Å²) in [6.45, 7) is 12.8. The monoisotopic (exact) mass is 444 g/mol. The number of sulfone groups is 1.